The van der Waals surface area contributed by atoms with Crippen molar-refractivity contribution >= 4 is 72.8 Å². The third kappa shape index (κ3) is 2.91. The Labute approximate surface area is 278 Å². The summed E-state index contributed by atoms with van der Waals surface area (Å²) in [4.78, 5) is 0. The van der Waals surface area contributed by atoms with Gasteiger partial charge in [-0.25, -0.2) is 0 Å². The molecule has 0 aliphatic carbocycles. The SMILES string of the molecule is C/C=C(/C)c1c(C)n2c3ccccc3c3c2n1-c1cc(-c2ccccc2)cc2c1B3c1c3ccccc3n3c4cc(C)cc(C)c4n-2c13. The second-order valence-electron chi connectivity index (χ2n) is 13.9. The molecule has 0 fully saturated rings. The van der Waals surface area contributed by atoms with E-state index >= 15 is 0 Å². The van der Waals surface area contributed by atoms with Crippen LogP contribution in [-0.4, -0.2) is 24.6 Å². The lowest BCUT2D eigenvalue weighted by Crippen LogP contribution is -2.59. The molecule has 5 aromatic carbocycles. The summed E-state index contributed by atoms with van der Waals surface area (Å²) in [7, 11) is 0. The standard InChI is InChI=1S/C43H33BN4/c1-6-25(3)40-27(5)45-32-18-12-10-16-30(32)37-42(45)47(40)34-22-29(28-14-8-7-9-15-28)23-35-39(34)44(37)38-31-17-11-13-19-33(31)46-36-21-24(2)20-26(4)41(36)48(35)43(38)46/h6-23H,1-5H3/b25-6-. The zero-order valence-corrected chi connectivity index (χ0v) is 27.8. The number of para-hydroxylation sites is 2. The average molecular weight is 617 g/mol. The Hall–Kier alpha value is -5.68. The predicted octanol–water partition coefficient (Wildman–Crippen LogP) is 8.39. The molecule has 0 spiro atoms. The van der Waals surface area contributed by atoms with Gasteiger partial charge in [-0.3, -0.25) is 17.9 Å². The number of aryl methyl sites for hydroxylation is 3. The Morgan fingerprint density at radius 3 is 1.90 bits per heavy atom. The first-order chi connectivity index (χ1) is 23.5. The molecule has 0 saturated carbocycles. The average Bonchev–Trinajstić information content (AvgIpc) is 3.82. The van der Waals surface area contributed by atoms with Gasteiger partial charge in [-0.1, -0.05) is 78.9 Å². The molecular formula is C43H33BN4. The van der Waals surface area contributed by atoms with E-state index in [2.05, 4.69) is 162 Å². The number of aromatic nitrogens is 4. The van der Waals surface area contributed by atoms with Crippen molar-refractivity contribution in [2.45, 2.75) is 34.6 Å². The molecule has 228 valence electrons. The molecule has 0 unspecified atom stereocenters. The Bertz CT molecular complexity index is 2940. The highest BCUT2D eigenvalue weighted by Gasteiger charge is 2.45. The first-order valence-corrected chi connectivity index (χ1v) is 17.0. The summed E-state index contributed by atoms with van der Waals surface area (Å²) in [6.45, 7) is 11.3. The van der Waals surface area contributed by atoms with Crippen molar-refractivity contribution in [3.63, 3.8) is 0 Å². The summed E-state index contributed by atoms with van der Waals surface area (Å²) in [6, 6.07) is 38.7. The van der Waals surface area contributed by atoms with Gasteiger partial charge in [-0.05, 0) is 120 Å². The second-order valence-corrected chi connectivity index (χ2v) is 13.9. The Morgan fingerprint density at radius 2 is 1.21 bits per heavy atom. The predicted molar refractivity (Wildman–Crippen MR) is 203 cm³/mol. The number of hydrogen-bond donors (Lipinski definition) is 0. The molecule has 4 aromatic heterocycles. The Kier molecular flexibility index (Phi) is 4.85. The maximum Gasteiger partial charge on any atom is 0.258 e. The minimum absolute atomic E-state index is 0.0726. The largest absolute Gasteiger partial charge is 0.298 e. The van der Waals surface area contributed by atoms with E-state index in [1.54, 1.807) is 0 Å². The van der Waals surface area contributed by atoms with Crippen molar-refractivity contribution < 1.29 is 0 Å². The Balaban J connectivity index is 1.46. The van der Waals surface area contributed by atoms with Crippen molar-refractivity contribution in [1.29, 1.82) is 0 Å². The van der Waals surface area contributed by atoms with E-state index in [1.165, 1.54) is 111 Å². The molecule has 48 heavy (non-hydrogen) atoms. The van der Waals surface area contributed by atoms with E-state index in [9.17, 15) is 0 Å². The third-order valence-electron chi connectivity index (χ3n) is 11.4. The molecule has 0 saturated heterocycles. The summed E-state index contributed by atoms with van der Waals surface area (Å²) in [6.07, 6.45) is 2.26. The summed E-state index contributed by atoms with van der Waals surface area (Å²) in [5.41, 5.74) is 23.4. The van der Waals surface area contributed by atoms with Crippen LogP contribution in [0.25, 0.3) is 72.2 Å². The van der Waals surface area contributed by atoms with E-state index in [1.807, 2.05) is 0 Å². The topological polar surface area (TPSA) is 18.7 Å². The smallest absolute Gasteiger partial charge is 0.258 e. The van der Waals surface area contributed by atoms with Gasteiger partial charge in [0.2, 0.25) is 0 Å². The van der Waals surface area contributed by atoms with Crippen LogP contribution in [-0.2, 0) is 0 Å². The van der Waals surface area contributed by atoms with Crippen molar-refractivity contribution in [1.82, 2.24) is 17.9 Å². The minimum atomic E-state index is 0.0726. The van der Waals surface area contributed by atoms with Gasteiger partial charge in [-0.15, -0.1) is 0 Å². The summed E-state index contributed by atoms with van der Waals surface area (Å²) in [5, 5.41) is 2.67. The third-order valence-corrected chi connectivity index (χ3v) is 11.4. The van der Waals surface area contributed by atoms with Gasteiger partial charge in [-0.2, -0.15) is 0 Å². The highest BCUT2D eigenvalue weighted by molar-refractivity contribution is 7.02. The van der Waals surface area contributed by atoms with Crippen LogP contribution in [0.1, 0.15) is 36.4 Å². The zero-order chi connectivity index (χ0) is 32.2. The van der Waals surface area contributed by atoms with Crippen LogP contribution in [0, 0.1) is 20.8 Å². The van der Waals surface area contributed by atoms with Crippen LogP contribution in [0.2, 0.25) is 0 Å². The molecule has 2 aliphatic heterocycles. The maximum absolute atomic E-state index is 2.61. The van der Waals surface area contributed by atoms with E-state index in [0.717, 1.165) is 0 Å². The van der Waals surface area contributed by atoms with E-state index in [4.69, 9.17) is 0 Å². The normalized spacial score (nSPS) is 13.6. The zero-order valence-electron chi connectivity index (χ0n) is 27.8. The number of benzene rings is 5. The van der Waals surface area contributed by atoms with E-state index < -0.39 is 0 Å². The monoisotopic (exact) mass is 616 g/mol. The van der Waals surface area contributed by atoms with E-state index in [-0.39, 0.29) is 6.71 Å². The molecule has 11 rings (SSSR count). The quantitative estimate of drug-likeness (QED) is 0.174. The van der Waals surface area contributed by atoms with Gasteiger partial charge in [0, 0.05) is 17.1 Å². The summed E-state index contributed by atoms with van der Waals surface area (Å²) in [5.74, 6) is 0. The fourth-order valence-corrected chi connectivity index (χ4v) is 9.56. The number of nitrogens with zero attached hydrogens (tertiary/aromatic N) is 4. The summed E-state index contributed by atoms with van der Waals surface area (Å²) >= 11 is 0. The highest BCUT2D eigenvalue weighted by atomic mass is 15.2. The first kappa shape index (κ1) is 26.4. The van der Waals surface area contributed by atoms with Crippen molar-refractivity contribution in [2.24, 2.45) is 0 Å². The number of fused-ring (bicyclic) bond motifs is 13. The van der Waals surface area contributed by atoms with Crippen LogP contribution >= 0.6 is 0 Å². The second kappa shape index (κ2) is 8.81. The molecule has 5 heteroatoms. The Morgan fingerprint density at radius 1 is 0.604 bits per heavy atom. The lowest BCUT2D eigenvalue weighted by molar-refractivity contribution is 1.07. The van der Waals surface area contributed by atoms with Crippen LogP contribution in [0.5, 0.6) is 0 Å². The fraction of sp³-hybridized carbons (Fsp3) is 0.116. The van der Waals surface area contributed by atoms with E-state index in [0.29, 0.717) is 0 Å². The molecular weight excluding hydrogens is 583 g/mol. The summed E-state index contributed by atoms with van der Waals surface area (Å²) < 4.78 is 10.3. The van der Waals surface area contributed by atoms with Gasteiger partial charge >= 0.3 is 0 Å². The van der Waals surface area contributed by atoms with Crippen LogP contribution in [0.4, 0.5) is 0 Å². The minimum Gasteiger partial charge on any atom is -0.298 e. The van der Waals surface area contributed by atoms with Crippen molar-refractivity contribution in [3.8, 4) is 22.5 Å². The molecule has 6 heterocycles. The number of allylic oxidation sites excluding steroid dienone is 2. The first-order valence-electron chi connectivity index (χ1n) is 17.0. The van der Waals surface area contributed by atoms with Gasteiger partial charge in [0.05, 0.1) is 27.8 Å². The van der Waals surface area contributed by atoms with Gasteiger partial charge < -0.3 is 0 Å². The highest BCUT2D eigenvalue weighted by Crippen LogP contribution is 2.41. The molecule has 0 N–H and O–H groups in total. The van der Waals surface area contributed by atoms with Crippen LogP contribution in [0.3, 0.4) is 0 Å². The lowest BCUT2D eigenvalue weighted by atomic mass is 9.34. The number of imidazole rings is 2. The van der Waals surface area contributed by atoms with Gasteiger partial charge in [0.1, 0.15) is 11.3 Å². The lowest BCUT2D eigenvalue weighted by Gasteiger charge is -2.33. The van der Waals surface area contributed by atoms with Crippen molar-refractivity contribution in [2.75, 3.05) is 0 Å². The van der Waals surface area contributed by atoms with Gasteiger partial charge in [0.25, 0.3) is 6.71 Å². The molecule has 0 bridgehead atoms. The molecule has 0 radical (unpaired) electrons. The van der Waals surface area contributed by atoms with Gasteiger partial charge in [0.15, 0.2) is 0 Å². The molecule has 4 nitrogen and oxygen atoms in total. The van der Waals surface area contributed by atoms with Crippen LogP contribution < -0.4 is 16.4 Å². The van der Waals surface area contributed by atoms with Crippen molar-refractivity contribution in [3.05, 3.63) is 132 Å². The number of rotatable bonds is 2. The molecule has 0 atom stereocenters. The maximum atomic E-state index is 2.61. The van der Waals surface area contributed by atoms with Crippen LogP contribution in [0.15, 0.2) is 109 Å². The fourth-order valence-electron chi connectivity index (χ4n) is 9.56. The number of hydrogen-bond acceptors (Lipinski definition) is 0. The molecule has 9 aromatic rings. The molecule has 0 amide bonds. The molecule has 2 aliphatic rings.